The van der Waals surface area contributed by atoms with Crippen molar-refractivity contribution >= 4 is 15.7 Å². The summed E-state index contributed by atoms with van der Waals surface area (Å²) < 4.78 is 26.7. The van der Waals surface area contributed by atoms with Gasteiger partial charge in [0, 0.05) is 18.8 Å². The lowest BCUT2D eigenvalue weighted by atomic mass is 10.1. The van der Waals surface area contributed by atoms with E-state index in [0.29, 0.717) is 16.5 Å². The molecule has 1 aromatic rings. The minimum atomic E-state index is -3.45. The van der Waals surface area contributed by atoms with Crippen molar-refractivity contribution in [2.24, 2.45) is 5.92 Å². The molecule has 0 aliphatic heterocycles. The Bertz CT molecular complexity index is 568. The van der Waals surface area contributed by atoms with E-state index in [2.05, 4.69) is 0 Å². The summed E-state index contributed by atoms with van der Waals surface area (Å²) in [6.45, 7) is 5.76. The monoisotopic (exact) mass is 282 g/mol. The molecule has 106 valence electrons. The van der Waals surface area contributed by atoms with E-state index >= 15 is 0 Å². The summed E-state index contributed by atoms with van der Waals surface area (Å²) >= 11 is 0. The van der Waals surface area contributed by atoms with Crippen molar-refractivity contribution < 1.29 is 8.42 Å². The van der Waals surface area contributed by atoms with Crippen LogP contribution in [0.3, 0.4) is 0 Å². The van der Waals surface area contributed by atoms with Crippen molar-refractivity contribution in [2.75, 3.05) is 12.8 Å². The second kappa shape index (κ2) is 4.80. The van der Waals surface area contributed by atoms with Crippen LogP contribution >= 0.6 is 0 Å². The summed E-state index contributed by atoms with van der Waals surface area (Å²) in [5.74, 6) is 0.503. The van der Waals surface area contributed by atoms with E-state index in [4.69, 9.17) is 5.73 Å². The third-order valence-electron chi connectivity index (χ3n) is 4.24. The molecule has 0 heterocycles. The second-order valence-electron chi connectivity index (χ2n) is 5.55. The number of benzene rings is 1. The summed E-state index contributed by atoms with van der Waals surface area (Å²) in [4.78, 5) is 0.295. The quantitative estimate of drug-likeness (QED) is 0.862. The van der Waals surface area contributed by atoms with Crippen molar-refractivity contribution in [1.29, 1.82) is 0 Å². The van der Waals surface area contributed by atoms with Gasteiger partial charge in [-0.05, 0) is 62.8 Å². The number of sulfonamides is 1. The molecule has 1 fully saturated rings. The van der Waals surface area contributed by atoms with Gasteiger partial charge in [-0.1, -0.05) is 0 Å². The average molecular weight is 282 g/mol. The van der Waals surface area contributed by atoms with Crippen molar-refractivity contribution in [3.8, 4) is 0 Å². The number of nitrogens with two attached hydrogens (primary N) is 1. The Morgan fingerprint density at radius 3 is 2.37 bits per heavy atom. The van der Waals surface area contributed by atoms with Crippen molar-refractivity contribution in [1.82, 2.24) is 4.31 Å². The molecule has 1 unspecified atom stereocenters. The van der Waals surface area contributed by atoms with E-state index in [1.54, 1.807) is 19.2 Å². The summed E-state index contributed by atoms with van der Waals surface area (Å²) in [6.07, 6.45) is 2.24. The molecule has 19 heavy (non-hydrogen) atoms. The summed E-state index contributed by atoms with van der Waals surface area (Å²) in [5, 5.41) is 0. The molecule has 5 heteroatoms. The third-order valence-corrected chi connectivity index (χ3v) is 6.16. The first-order chi connectivity index (χ1) is 8.75. The fourth-order valence-electron chi connectivity index (χ4n) is 2.26. The first kappa shape index (κ1) is 14.3. The molecule has 1 saturated carbocycles. The maximum atomic E-state index is 12.6. The molecule has 2 rings (SSSR count). The van der Waals surface area contributed by atoms with Crippen LogP contribution in [0.1, 0.15) is 30.9 Å². The summed E-state index contributed by atoms with van der Waals surface area (Å²) in [5.41, 5.74) is 8.27. The SMILES string of the molecule is Cc1cc(S(=O)(=O)N(C)C(C)C2CC2)cc(N)c1C. The maximum Gasteiger partial charge on any atom is 0.243 e. The zero-order valence-electron chi connectivity index (χ0n) is 12.0. The largest absolute Gasteiger partial charge is 0.398 e. The van der Waals surface area contributed by atoms with E-state index in [0.717, 1.165) is 24.0 Å². The smallest absolute Gasteiger partial charge is 0.243 e. The minimum Gasteiger partial charge on any atom is -0.398 e. The van der Waals surface area contributed by atoms with Gasteiger partial charge in [0.25, 0.3) is 0 Å². The van der Waals surface area contributed by atoms with Crippen LogP contribution in [-0.2, 0) is 10.0 Å². The van der Waals surface area contributed by atoms with Gasteiger partial charge in [-0.3, -0.25) is 0 Å². The van der Waals surface area contributed by atoms with Crippen LogP contribution in [0.4, 0.5) is 5.69 Å². The molecule has 1 aliphatic carbocycles. The van der Waals surface area contributed by atoms with Crippen LogP contribution in [0.2, 0.25) is 0 Å². The Morgan fingerprint density at radius 2 is 1.89 bits per heavy atom. The molecule has 0 aromatic heterocycles. The molecule has 0 bridgehead atoms. The van der Waals surface area contributed by atoms with Gasteiger partial charge in [0.1, 0.15) is 0 Å². The van der Waals surface area contributed by atoms with Crippen LogP contribution in [0, 0.1) is 19.8 Å². The lowest BCUT2D eigenvalue weighted by molar-refractivity contribution is 0.357. The van der Waals surface area contributed by atoms with Crippen molar-refractivity contribution in [3.63, 3.8) is 0 Å². The number of aryl methyl sites for hydroxylation is 1. The average Bonchev–Trinajstić information content (AvgIpc) is 3.17. The highest BCUT2D eigenvalue weighted by molar-refractivity contribution is 7.89. The van der Waals surface area contributed by atoms with Gasteiger partial charge >= 0.3 is 0 Å². The molecule has 1 atom stereocenters. The molecule has 0 radical (unpaired) electrons. The van der Waals surface area contributed by atoms with Gasteiger partial charge in [0.2, 0.25) is 10.0 Å². The molecular formula is C14H22N2O2S. The predicted molar refractivity (Wildman–Crippen MR) is 77.5 cm³/mol. The van der Waals surface area contributed by atoms with E-state index in [9.17, 15) is 8.42 Å². The molecule has 4 nitrogen and oxygen atoms in total. The van der Waals surface area contributed by atoms with E-state index in [-0.39, 0.29) is 6.04 Å². The van der Waals surface area contributed by atoms with Crippen LogP contribution < -0.4 is 5.73 Å². The first-order valence-electron chi connectivity index (χ1n) is 6.60. The predicted octanol–water partition coefficient (Wildman–Crippen LogP) is 2.30. The molecular weight excluding hydrogens is 260 g/mol. The summed E-state index contributed by atoms with van der Waals surface area (Å²) in [7, 11) is -1.80. The molecule has 0 spiro atoms. The van der Waals surface area contributed by atoms with Gasteiger partial charge in [0.05, 0.1) is 4.90 Å². The fraction of sp³-hybridized carbons (Fsp3) is 0.571. The molecule has 1 aliphatic rings. The number of anilines is 1. The number of nitrogens with zero attached hydrogens (tertiary/aromatic N) is 1. The molecule has 2 N–H and O–H groups in total. The number of nitrogen functional groups attached to an aromatic ring is 1. The highest BCUT2D eigenvalue weighted by atomic mass is 32.2. The van der Waals surface area contributed by atoms with Gasteiger partial charge in [-0.15, -0.1) is 0 Å². The van der Waals surface area contributed by atoms with E-state index in [1.165, 1.54) is 4.31 Å². The van der Waals surface area contributed by atoms with Crippen LogP contribution in [0.5, 0.6) is 0 Å². The molecule has 0 saturated heterocycles. The Balaban J connectivity index is 2.38. The van der Waals surface area contributed by atoms with Gasteiger partial charge < -0.3 is 5.73 Å². The maximum absolute atomic E-state index is 12.6. The van der Waals surface area contributed by atoms with Gasteiger partial charge in [-0.25, -0.2) is 8.42 Å². The summed E-state index contributed by atoms with van der Waals surface area (Å²) in [6, 6.07) is 3.32. The fourth-order valence-corrected chi connectivity index (χ4v) is 3.81. The second-order valence-corrected chi connectivity index (χ2v) is 7.55. The number of rotatable bonds is 4. The van der Waals surface area contributed by atoms with Gasteiger partial charge in [-0.2, -0.15) is 4.31 Å². The number of hydrogen-bond donors (Lipinski definition) is 1. The van der Waals surface area contributed by atoms with Crippen LogP contribution in [0.25, 0.3) is 0 Å². The Kier molecular flexibility index (Phi) is 3.62. The normalized spacial score (nSPS) is 17.7. The Labute approximate surface area is 115 Å². The minimum absolute atomic E-state index is 0.0489. The highest BCUT2D eigenvalue weighted by Crippen LogP contribution is 2.36. The van der Waals surface area contributed by atoms with E-state index in [1.807, 2.05) is 20.8 Å². The topological polar surface area (TPSA) is 63.4 Å². The Hall–Kier alpha value is -1.07. The highest BCUT2D eigenvalue weighted by Gasteiger charge is 2.36. The zero-order valence-corrected chi connectivity index (χ0v) is 12.8. The van der Waals surface area contributed by atoms with Crippen molar-refractivity contribution in [2.45, 2.75) is 44.6 Å². The van der Waals surface area contributed by atoms with Crippen molar-refractivity contribution in [3.05, 3.63) is 23.3 Å². The van der Waals surface area contributed by atoms with E-state index < -0.39 is 10.0 Å². The standard InChI is InChI=1S/C14H22N2O2S/c1-9-7-13(8-14(15)10(9)2)19(17,18)16(4)11(3)12-5-6-12/h7-8,11-12H,5-6,15H2,1-4H3. The Morgan fingerprint density at radius 1 is 1.32 bits per heavy atom. The van der Waals surface area contributed by atoms with Gasteiger partial charge in [0.15, 0.2) is 0 Å². The zero-order chi connectivity index (χ0) is 14.4. The molecule has 1 aromatic carbocycles. The van der Waals surface area contributed by atoms with Crippen LogP contribution in [-0.4, -0.2) is 25.8 Å². The third kappa shape index (κ3) is 2.62. The lowest BCUT2D eigenvalue weighted by Gasteiger charge is -2.24. The van der Waals surface area contributed by atoms with Crippen LogP contribution in [0.15, 0.2) is 17.0 Å². The molecule has 0 amide bonds. The number of hydrogen-bond acceptors (Lipinski definition) is 3. The lowest BCUT2D eigenvalue weighted by Crippen LogP contribution is -2.36. The first-order valence-corrected chi connectivity index (χ1v) is 8.04.